The Morgan fingerprint density at radius 1 is 1.39 bits per heavy atom. The van der Waals surface area contributed by atoms with Crippen LogP contribution in [0.1, 0.15) is 25.8 Å². The Hall–Kier alpha value is -0.990. The summed E-state index contributed by atoms with van der Waals surface area (Å²) in [5, 5.41) is 1.03. The molecule has 1 aliphatic rings. The fourth-order valence-electron chi connectivity index (χ4n) is 1.74. The first-order valence-electron chi connectivity index (χ1n) is 5.72. The minimum atomic E-state index is -0.216. The van der Waals surface area contributed by atoms with Crippen LogP contribution in [-0.4, -0.2) is 5.97 Å². The van der Waals surface area contributed by atoms with Crippen molar-refractivity contribution in [1.82, 2.24) is 0 Å². The lowest BCUT2D eigenvalue weighted by Crippen LogP contribution is -2.07. The summed E-state index contributed by atoms with van der Waals surface area (Å²) < 4.78 is 5.08. The zero-order valence-corrected chi connectivity index (χ0v) is 11.8. The van der Waals surface area contributed by atoms with E-state index in [-0.39, 0.29) is 17.3 Å². The molecule has 2 nitrogen and oxygen atoms in total. The number of carbonyl (C=O) groups excluding carboxylic acids is 1. The van der Waals surface area contributed by atoms with Crippen LogP contribution in [0.2, 0.25) is 5.02 Å². The Morgan fingerprint density at radius 3 is 2.44 bits per heavy atom. The van der Waals surface area contributed by atoms with Gasteiger partial charge in [0.1, 0.15) is 6.26 Å². The Balaban J connectivity index is 1.97. The molecule has 1 aliphatic carbocycles. The van der Waals surface area contributed by atoms with Crippen molar-refractivity contribution in [3.05, 3.63) is 41.1 Å². The SMILES string of the molecule is CC1(C)CC1C(=O)OC=C(Cl)c1ccc(Cl)cc1. The standard InChI is InChI=1S/C14H14Cl2O2/c1-14(2)7-11(14)13(17)18-8-12(16)9-3-5-10(15)6-4-9/h3-6,8,11H,7H2,1-2H3. The lowest BCUT2D eigenvalue weighted by molar-refractivity contribution is -0.140. The number of benzene rings is 1. The van der Waals surface area contributed by atoms with E-state index < -0.39 is 0 Å². The third-order valence-corrected chi connectivity index (χ3v) is 3.76. The van der Waals surface area contributed by atoms with Crippen LogP contribution < -0.4 is 0 Å². The van der Waals surface area contributed by atoms with Gasteiger partial charge in [0.2, 0.25) is 0 Å². The molecule has 1 atom stereocenters. The molecule has 0 amide bonds. The van der Waals surface area contributed by atoms with Crippen molar-refractivity contribution in [3.63, 3.8) is 0 Å². The van der Waals surface area contributed by atoms with Gasteiger partial charge in [-0.3, -0.25) is 4.79 Å². The van der Waals surface area contributed by atoms with Gasteiger partial charge < -0.3 is 4.74 Å². The van der Waals surface area contributed by atoms with E-state index in [9.17, 15) is 4.79 Å². The molecule has 0 radical (unpaired) electrons. The summed E-state index contributed by atoms with van der Waals surface area (Å²) in [6.45, 7) is 4.09. The van der Waals surface area contributed by atoms with Crippen LogP contribution in [0, 0.1) is 11.3 Å². The number of hydrogen-bond acceptors (Lipinski definition) is 2. The number of ether oxygens (including phenoxy) is 1. The summed E-state index contributed by atoms with van der Waals surface area (Å²) in [6, 6.07) is 7.02. The van der Waals surface area contributed by atoms with Gasteiger partial charge in [0, 0.05) is 5.02 Å². The molecule has 0 heterocycles. The average molecular weight is 285 g/mol. The van der Waals surface area contributed by atoms with Gasteiger partial charge in [-0.15, -0.1) is 0 Å². The van der Waals surface area contributed by atoms with Crippen molar-refractivity contribution in [2.24, 2.45) is 11.3 Å². The topological polar surface area (TPSA) is 26.3 Å². The maximum atomic E-state index is 11.7. The highest BCUT2D eigenvalue weighted by Crippen LogP contribution is 2.52. The minimum absolute atomic E-state index is 0.0107. The van der Waals surface area contributed by atoms with Crippen molar-refractivity contribution in [1.29, 1.82) is 0 Å². The van der Waals surface area contributed by atoms with E-state index in [0.717, 1.165) is 12.0 Å². The normalized spacial score (nSPS) is 21.6. The summed E-state index contributed by atoms with van der Waals surface area (Å²) in [7, 11) is 0. The second-order valence-corrected chi connectivity index (χ2v) is 6.00. The number of halogens is 2. The first-order chi connectivity index (χ1) is 8.40. The molecule has 0 spiro atoms. The molecule has 1 fully saturated rings. The highest BCUT2D eigenvalue weighted by atomic mass is 35.5. The quantitative estimate of drug-likeness (QED) is 0.605. The van der Waals surface area contributed by atoms with E-state index in [2.05, 4.69) is 0 Å². The van der Waals surface area contributed by atoms with E-state index >= 15 is 0 Å². The van der Waals surface area contributed by atoms with Crippen molar-refractivity contribution in [3.8, 4) is 0 Å². The van der Waals surface area contributed by atoms with Crippen LogP contribution in [0.4, 0.5) is 0 Å². The van der Waals surface area contributed by atoms with Gasteiger partial charge in [0.25, 0.3) is 0 Å². The summed E-state index contributed by atoms with van der Waals surface area (Å²) in [5.41, 5.74) is 0.835. The Bertz CT molecular complexity index is 489. The summed E-state index contributed by atoms with van der Waals surface area (Å²) in [5.74, 6) is -0.226. The lowest BCUT2D eigenvalue weighted by atomic mass is 10.1. The number of hydrogen-bond donors (Lipinski definition) is 0. The van der Waals surface area contributed by atoms with Crippen LogP contribution in [0.5, 0.6) is 0 Å². The molecule has 18 heavy (non-hydrogen) atoms. The molecule has 0 aromatic heterocycles. The van der Waals surface area contributed by atoms with Crippen LogP contribution >= 0.6 is 23.2 Å². The van der Waals surface area contributed by atoms with Gasteiger partial charge in [-0.05, 0) is 29.5 Å². The van der Waals surface area contributed by atoms with Crippen molar-refractivity contribution in [2.75, 3.05) is 0 Å². The highest BCUT2D eigenvalue weighted by molar-refractivity contribution is 6.48. The Kier molecular flexibility index (Phi) is 3.69. The smallest absolute Gasteiger partial charge is 0.314 e. The maximum absolute atomic E-state index is 11.7. The van der Waals surface area contributed by atoms with Crippen molar-refractivity contribution >= 4 is 34.2 Å². The summed E-state index contributed by atoms with van der Waals surface area (Å²) in [6.07, 6.45) is 2.17. The molecule has 0 saturated heterocycles. The molecular weight excluding hydrogens is 271 g/mol. The van der Waals surface area contributed by atoms with E-state index in [1.165, 1.54) is 6.26 Å². The van der Waals surface area contributed by atoms with E-state index in [4.69, 9.17) is 27.9 Å². The Labute approximate surface area is 117 Å². The average Bonchev–Trinajstić information content (AvgIpc) is 2.96. The third kappa shape index (κ3) is 3.06. The fraction of sp³-hybridized carbons (Fsp3) is 0.357. The lowest BCUT2D eigenvalue weighted by Gasteiger charge is -2.03. The molecule has 96 valence electrons. The second-order valence-electron chi connectivity index (χ2n) is 5.15. The summed E-state index contributed by atoms with van der Waals surface area (Å²) >= 11 is 11.8. The van der Waals surface area contributed by atoms with Crippen LogP contribution in [-0.2, 0) is 9.53 Å². The maximum Gasteiger partial charge on any atom is 0.314 e. The molecule has 0 bridgehead atoms. The fourth-order valence-corrected chi connectivity index (χ4v) is 2.04. The highest BCUT2D eigenvalue weighted by Gasteiger charge is 2.51. The van der Waals surface area contributed by atoms with Crippen LogP contribution in [0.15, 0.2) is 30.5 Å². The number of rotatable bonds is 3. The van der Waals surface area contributed by atoms with E-state index in [1.807, 2.05) is 13.8 Å². The van der Waals surface area contributed by atoms with Crippen molar-refractivity contribution < 1.29 is 9.53 Å². The predicted octanol–water partition coefficient (Wildman–Crippen LogP) is 4.47. The first kappa shape index (κ1) is 13.4. The van der Waals surface area contributed by atoms with Gasteiger partial charge >= 0.3 is 5.97 Å². The van der Waals surface area contributed by atoms with Crippen molar-refractivity contribution in [2.45, 2.75) is 20.3 Å². The van der Waals surface area contributed by atoms with E-state index in [1.54, 1.807) is 24.3 Å². The monoisotopic (exact) mass is 284 g/mol. The summed E-state index contributed by atoms with van der Waals surface area (Å²) in [4.78, 5) is 11.7. The Morgan fingerprint density at radius 2 is 1.94 bits per heavy atom. The van der Waals surface area contributed by atoms with Gasteiger partial charge in [-0.2, -0.15) is 0 Å². The zero-order chi connectivity index (χ0) is 13.3. The molecular formula is C14H14Cl2O2. The zero-order valence-electron chi connectivity index (χ0n) is 10.2. The number of esters is 1. The molecule has 1 unspecified atom stereocenters. The minimum Gasteiger partial charge on any atom is -0.433 e. The number of carbonyl (C=O) groups is 1. The van der Waals surface area contributed by atoms with Gasteiger partial charge in [0.05, 0.1) is 11.0 Å². The molecule has 0 aliphatic heterocycles. The van der Waals surface area contributed by atoms with Gasteiger partial charge in [-0.1, -0.05) is 49.2 Å². The van der Waals surface area contributed by atoms with E-state index in [0.29, 0.717) is 10.1 Å². The van der Waals surface area contributed by atoms with Gasteiger partial charge in [-0.25, -0.2) is 0 Å². The molecule has 1 aromatic rings. The molecule has 2 rings (SSSR count). The molecule has 1 saturated carbocycles. The first-order valence-corrected chi connectivity index (χ1v) is 6.48. The second kappa shape index (κ2) is 4.94. The predicted molar refractivity (Wildman–Crippen MR) is 73.3 cm³/mol. The van der Waals surface area contributed by atoms with Crippen LogP contribution in [0.25, 0.3) is 5.03 Å². The third-order valence-electron chi connectivity index (χ3n) is 3.20. The van der Waals surface area contributed by atoms with Crippen LogP contribution in [0.3, 0.4) is 0 Å². The molecule has 4 heteroatoms. The largest absolute Gasteiger partial charge is 0.433 e. The van der Waals surface area contributed by atoms with Gasteiger partial charge in [0.15, 0.2) is 0 Å². The molecule has 1 aromatic carbocycles. The molecule has 0 N–H and O–H groups in total.